The van der Waals surface area contributed by atoms with Crippen molar-refractivity contribution in [2.24, 2.45) is 0 Å². The monoisotopic (exact) mass is 309 g/mol. The summed E-state index contributed by atoms with van der Waals surface area (Å²) in [6.07, 6.45) is 2.20. The highest BCUT2D eigenvalue weighted by atomic mass is 35.5. The van der Waals surface area contributed by atoms with Crippen LogP contribution in [0, 0.1) is 0 Å². The Morgan fingerprint density at radius 3 is 3.00 bits per heavy atom. The van der Waals surface area contributed by atoms with Gasteiger partial charge in [-0.3, -0.25) is 4.79 Å². The number of nitrogens with one attached hydrogen (secondary N) is 1. The number of amides is 1. The lowest BCUT2D eigenvalue weighted by Crippen LogP contribution is -2.15. The molecule has 0 saturated heterocycles. The number of thioether (sulfide) groups is 1. The normalized spacial score (nSPS) is 14.2. The number of carbonyl (C=O) groups excluding carboxylic acids is 1. The van der Waals surface area contributed by atoms with Gasteiger partial charge in [0.25, 0.3) is 0 Å². The lowest BCUT2D eigenvalue weighted by molar-refractivity contribution is -0.113. The number of benzene rings is 1. The van der Waals surface area contributed by atoms with Crippen molar-refractivity contribution >= 4 is 35.0 Å². The zero-order valence-corrected chi connectivity index (χ0v) is 12.1. The lowest BCUT2D eigenvalue weighted by Gasteiger charge is -2.06. The van der Waals surface area contributed by atoms with Crippen molar-refractivity contribution in [1.29, 1.82) is 0 Å². The molecule has 104 valence electrons. The van der Waals surface area contributed by atoms with Gasteiger partial charge in [-0.1, -0.05) is 35.5 Å². The molecule has 0 atom stereocenters. The van der Waals surface area contributed by atoms with Crippen LogP contribution >= 0.6 is 23.4 Å². The van der Waals surface area contributed by atoms with Gasteiger partial charge in [0, 0.05) is 0 Å². The molecule has 8 heteroatoms. The summed E-state index contributed by atoms with van der Waals surface area (Å²) < 4.78 is 1.79. The molecule has 2 aromatic rings. The molecule has 1 amide bonds. The van der Waals surface area contributed by atoms with E-state index in [0.717, 1.165) is 12.8 Å². The average Bonchev–Trinajstić information content (AvgIpc) is 3.18. The summed E-state index contributed by atoms with van der Waals surface area (Å²) in [5, 5.41) is 15.5. The number of aromatic nitrogens is 4. The van der Waals surface area contributed by atoms with E-state index in [0.29, 0.717) is 21.9 Å². The molecule has 3 rings (SSSR count). The van der Waals surface area contributed by atoms with E-state index >= 15 is 0 Å². The molecular formula is C12H12ClN5OS. The molecule has 0 bridgehead atoms. The molecule has 0 radical (unpaired) electrons. The predicted molar refractivity (Wildman–Crippen MR) is 76.9 cm³/mol. The summed E-state index contributed by atoms with van der Waals surface area (Å²) in [6.45, 7) is 0. The molecule has 20 heavy (non-hydrogen) atoms. The van der Waals surface area contributed by atoms with Crippen LogP contribution in [-0.4, -0.2) is 31.9 Å². The second kappa shape index (κ2) is 5.80. The fourth-order valence-electron chi connectivity index (χ4n) is 1.71. The summed E-state index contributed by atoms with van der Waals surface area (Å²) in [4.78, 5) is 11.9. The van der Waals surface area contributed by atoms with Crippen LogP contribution in [0.3, 0.4) is 0 Å². The van der Waals surface area contributed by atoms with Gasteiger partial charge in [0.2, 0.25) is 11.1 Å². The third-order valence-electron chi connectivity index (χ3n) is 2.84. The van der Waals surface area contributed by atoms with E-state index in [-0.39, 0.29) is 11.7 Å². The number of carbonyl (C=O) groups is 1. The Bertz CT molecular complexity index is 628. The van der Waals surface area contributed by atoms with Gasteiger partial charge >= 0.3 is 0 Å². The van der Waals surface area contributed by atoms with Crippen LogP contribution < -0.4 is 5.32 Å². The second-order valence-electron chi connectivity index (χ2n) is 4.45. The molecule has 0 unspecified atom stereocenters. The van der Waals surface area contributed by atoms with Crippen LogP contribution in [0.15, 0.2) is 29.4 Å². The number of rotatable bonds is 5. The minimum Gasteiger partial charge on any atom is -0.324 e. The summed E-state index contributed by atoms with van der Waals surface area (Å²) in [5.41, 5.74) is 0.613. The molecule has 1 aromatic heterocycles. The van der Waals surface area contributed by atoms with Gasteiger partial charge in [-0.25, -0.2) is 4.68 Å². The number of hydrogen-bond acceptors (Lipinski definition) is 5. The highest BCUT2D eigenvalue weighted by molar-refractivity contribution is 7.99. The first-order valence-corrected chi connectivity index (χ1v) is 7.55. The van der Waals surface area contributed by atoms with Crippen molar-refractivity contribution in [3.8, 4) is 0 Å². The molecule has 1 heterocycles. The predicted octanol–water partition coefficient (Wildman–Crippen LogP) is 2.39. The Balaban J connectivity index is 1.57. The third kappa shape index (κ3) is 3.10. The van der Waals surface area contributed by atoms with E-state index in [9.17, 15) is 4.79 Å². The standard InChI is InChI=1S/C12H12ClN5OS/c13-9-3-1-2-4-10(9)14-11(19)7-20-12-15-16-17-18(12)8-5-6-8/h1-4,8H,5-7H2,(H,14,19). The van der Waals surface area contributed by atoms with Crippen LogP contribution in [-0.2, 0) is 4.79 Å². The van der Waals surface area contributed by atoms with E-state index in [2.05, 4.69) is 20.8 Å². The van der Waals surface area contributed by atoms with Crippen LogP contribution in [0.5, 0.6) is 0 Å². The number of halogens is 1. The van der Waals surface area contributed by atoms with E-state index in [1.807, 2.05) is 12.1 Å². The van der Waals surface area contributed by atoms with E-state index in [1.165, 1.54) is 11.8 Å². The van der Waals surface area contributed by atoms with Gasteiger partial charge in [0.15, 0.2) is 0 Å². The second-order valence-corrected chi connectivity index (χ2v) is 5.80. The first-order valence-electron chi connectivity index (χ1n) is 6.19. The largest absolute Gasteiger partial charge is 0.324 e. The number of tetrazole rings is 1. The van der Waals surface area contributed by atoms with Crippen LogP contribution in [0.1, 0.15) is 18.9 Å². The zero-order valence-electron chi connectivity index (χ0n) is 10.5. The zero-order chi connectivity index (χ0) is 13.9. The fourth-order valence-corrected chi connectivity index (χ4v) is 2.64. The molecular weight excluding hydrogens is 298 g/mol. The smallest absolute Gasteiger partial charge is 0.234 e. The van der Waals surface area contributed by atoms with Gasteiger partial charge in [-0.2, -0.15) is 0 Å². The van der Waals surface area contributed by atoms with Crippen molar-refractivity contribution in [2.75, 3.05) is 11.1 Å². The van der Waals surface area contributed by atoms with Gasteiger partial charge < -0.3 is 5.32 Å². The number of hydrogen-bond donors (Lipinski definition) is 1. The van der Waals surface area contributed by atoms with Gasteiger partial charge in [-0.15, -0.1) is 5.10 Å². The summed E-state index contributed by atoms with van der Waals surface area (Å²) in [6, 6.07) is 7.54. The molecule has 1 aliphatic carbocycles. The maximum Gasteiger partial charge on any atom is 0.234 e. The Hall–Kier alpha value is -1.60. The maximum absolute atomic E-state index is 11.9. The highest BCUT2D eigenvalue weighted by Crippen LogP contribution is 2.36. The van der Waals surface area contributed by atoms with Crippen molar-refractivity contribution in [3.05, 3.63) is 29.3 Å². The Labute approximate surface area is 124 Å². The molecule has 0 spiro atoms. The van der Waals surface area contributed by atoms with Crippen molar-refractivity contribution in [3.63, 3.8) is 0 Å². The first-order chi connectivity index (χ1) is 9.74. The minimum absolute atomic E-state index is 0.131. The Morgan fingerprint density at radius 1 is 1.45 bits per heavy atom. The van der Waals surface area contributed by atoms with Crippen LogP contribution in [0.4, 0.5) is 5.69 Å². The summed E-state index contributed by atoms with van der Waals surface area (Å²) in [7, 11) is 0. The molecule has 1 fully saturated rings. The van der Waals surface area contributed by atoms with Crippen molar-refractivity contribution < 1.29 is 4.79 Å². The van der Waals surface area contributed by atoms with Crippen LogP contribution in [0.25, 0.3) is 0 Å². The molecule has 1 saturated carbocycles. The first kappa shape index (κ1) is 13.4. The van der Waals surface area contributed by atoms with Crippen molar-refractivity contribution in [1.82, 2.24) is 20.2 Å². The molecule has 1 aliphatic rings. The molecule has 6 nitrogen and oxygen atoms in total. The van der Waals surface area contributed by atoms with E-state index in [4.69, 9.17) is 11.6 Å². The van der Waals surface area contributed by atoms with E-state index < -0.39 is 0 Å². The molecule has 1 aromatic carbocycles. The SMILES string of the molecule is O=C(CSc1nnnn1C1CC1)Nc1ccccc1Cl. The molecule has 1 N–H and O–H groups in total. The minimum atomic E-state index is -0.131. The number of para-hydroxylation sites is 1. The van der Waals surface area contributed by atoms with Gasteiger partial charge in [0.1, 0.15) is 0 Å². The fraction of sp³-hybridized carbons (Fsp3) is 0.333. The maximum atomic E-state index is 11.9. The lowest BCUT2D eigenvalue weighted by atomic mass is 10.3. The average molecular weight is 310 g/mol. The third-order valence-corrected chi connectivity index (χ3v) is 4.10. The highest BCUT2D eigenvalue weighted by Gasteiger charge is 2.28. The topological polar surface area (TPSA) is 72.7 Å². The molecule has 0 aliphatic heterocycles. The Kier molecular flexibility index (Phi) is 3.88. The van der Waals surface area contributed by atoms with E-state index in [1.54, 1.807) is 16.8 Å². The van der Waals surface area contributed by atoms with Gasteiger partial charge in [0.05, 0.1) is 22.5 Å². The summed E-state index contributed by atoms with van der Waals surface area (Å²) in [5.74, 6) is 0.117. The number of nitrogens with zero attached hydrogens (tertiary/aromatic N) is 4. The van der Waals surface area contributed by atoms with Crippen LogP contribution in [0.2, 0.25) is 5.02 Å². The van der Waals surface area contributed by atoms with Crippen molar-refractivity contribution in [2.45, 2.75) is 24.0 Å². The quantitative estimate of drug-likeness (QED) is 0.859. The Morgan fingerprint density at radius 2 is 2.25 bits per heavy atom. The number of anilines is 1. The summed E-state index contributed by atoms with van der Waals surface area (Å²) >= 11 is 7.31. The van der Waals surface area contributed by atoms with Gasteiger partial charge in [-0.05, 0) is 35.4 Å².